The van der Waals surface area contributed by atoms with Crippen molar-refractivity contribution >= 4 is 23.1 Å². The van der Waals surface area contributed by atoms with Gasteiger partial charge in [-0.3, -0.25) is 4.68 Å². The zero-order chi connectivity index (χ0) is 12.4. The van der Waals surface area contributed by atoms with Crippen LogP contribution < -0.4 is 11.5 Å². The summed E-state index contributed by atoms with van der Waals surface area (Å²) in [7, 11) is 0. The second kappa shape index (κ2) is 4.67. The van der Waals surface area contributed by atoms with E-state index in [1.807, 2.05) is 28.9 Å². The maximum absolute atomic E-state index is 5.96. The SMILES string of the molecule is CCCn1nc(N)c(N)c1-c1ccc(Cl)cc1. The minimum atomic E-state index is 0.378. The summed E-state index contributed by atoms with van der Waals surface area (Å²) in [6.07, 6.45) is 0.973. The first kappa shape index (κ1) is 11.8. The number of nitrogen functional groups attached to an aromatic ring is 2. The summed E-state index contributed by atoms with van der Waals surface area (Å²) in [4.78, 5) is 0. The average Bonchev–Trinajstić information content (AvgIpc) is 2.57. The lowest BCUT2D eigenvalue weighted by molar-refractivity contribution is 0.611. The second-order valence-corrected chi connectivity index (χ2v) is 4.31. The summed E-state index contributed by atoms with van der Waals surface area (Å²) in [6.45, 7) is 2.87. The number of nitrogens with zero attached hydrogens (tertiary/aromatic N) is 2. The largest absolute Gasteiger partial charge is 0.394 e. The normalized spacial score (nSPS) is 10.7. The van der Waals surface area contributed by atoms with Crippen molar-refractivity contribution in [2.45, 2.75) is 19.9 Å². The van der Waals surface area contributed by atoms with Crippen molar-refractivity contribution in [1.82, 2.24) is 9.78 Å². The van der Waals surface area contributed by atoms with Gasteiger partial charge in [0, 0.05) is 17.1 Å². The highest BCUT2D eigenvalue weighted by Crippen LogP contribution is 2.31. The van der Waals surface area contributed by atoms with E-state index >= 15 is 0 Å². The van der Waals surface area contributed by atoms with E-state index in [1.54, 1.807) is 0 Å². The molecule has 0 aliphatic rings. The van der Waals surface area contributed by atoms with Gasteiger partial charge in [-0.2, -0.15) is 5.10 Å². The standard InChI is InChI=1S/C12H15ClN4/c1-2-7-17-11(10(14)12(15)16-17)8-3-5-9(13)6-4-8/h3-6H,2,7,14H2,1H3,(H2,15,16). The monoisotopic (exact) mass is 250 g/mol. The van der Waals surface area contributed by atoms with Crippen molar-refractivity contribution in [2.24, 2.45) is 0 Å². The molecule has 4 N–H and O–H groups in total. The molecule has 4 nitrogen and oxygen atoms in total. The molecule has 0 radical (unpaired) electrons. The summed E-state index contributed by atoms with van der Waals surface area (Å²) in [5.74, 6) is 0.378. The summed E-state index contributed by atoms with van der Waals surface area (Å²) in [6, 6.07) is 7.49. The molecule has 17 heavy (non-hydrogen) atoms. The highest BCUT2D eigenvalue weighted by atomic mass is 35.5. The molecule has 1 aromatic carbocycles. The smallest absolute Gasteiger partial charge is 0.169 e. The Balaban J connectivity index is 2.53. The number of rotatable bonds is 3. The van der Waals surface area contributed by atoms with E-state index in [0.29, 0.717) is 16.5 Å². The Morgan fingerprint density at radius 1 is 1.24 bits per heavy atom. The second-order valence-electron chi connectivity index (χ2n) is 3.88. The molecule has 0 amide bonds. The third kappa shape index (κ3) is 2.22. The molecule has 0 unspecified atom stereocenters. The van der Waals surface area contributed by atoms with Crippen LogP contribution in [0.3, 0.4) is 0 Å². The Bertz CT molecular complexity index is 516. The number of hydrogen-bond donors (Lipinski definition) is 2. The molecule has 1 aromatic heterocycles. The molecule has 0 bridgehead atoms. The Hall–Kier alpha value is -1.68. The third-order valence-corrected chi connectivity index (χ3v) is 2.82. The summed E-state index contributed by atoms with van der Waals surface area (Å²) >= 11 is 5.87. The number of hydrogen-bond acceptors (Lipinski definition) is 3. The highest BCUT2D eigenvalue weighted by molar-refractivity contribution is 6.30. The molecule has 1 heterocycles. The van der Waals surface area contributed by atoms with Crippen molar-refractivity contribution in [3.63, 3.8) is 0 Å². The molecule has 0 spiro atoms. The van der Waals surface area contributed by atoms with Crippen molar-refractivity contribution in [2.75, 3.05) is 11.5 Å². The van der Waals surface area contributed by atoms with Crippen molar-refractivity contribution in [3.05, 3.63) is 29.3 Å². The van der Waals surface area contributed by atoms with Gasteiger partial charge >= 0.3 is 0 Å². The van der Waals surface area contributed by atoms with E-state index in [-0.39, 0.29) is 0 Å². The number of halogens is 1. The van der Waals surface area contributed by atoms with Gasteiger partial charge in [0.1, 0.15) is 5.69 Å². The van der Waals surface area contributed by atoms with Gasteiger partial charge in [0.2, 0.25) is 0 Å². The summed E-state index contributed by atoms with van der Waals surface area (Å²) in [5.41, 5.74) is 14.1. The first-order chi connectivity index (χ1) is 8.13. The van der Waals surface area contributed by atoms with Crippen LogP contribution in [-0.2, 0) is 6.54 Å². The number of aromatic nitrogens is 2. The fraction of sp³-hybridized carbons (Fsp3) is 0.250. The molecule has 0 fully saturated rings. The van der Waals surface area contributed by atoms with Gasteiger partial charge in [0.15, 0.2) is 5.82 Å². The minimum absolute atomic E-state index is 0.378. The molecular formula is C12H15ClN4. The van der Waals surface area contributed by atoms with E-state index in [1.165, 1.54) is 0 Å². The highest BCUT2D eigenvalue weighted by Gasteiger charge is 2.14. The Labute approximate surface area is 105 Å². The lowest BCUT2D eigenvalue weighted by atomic mass is 10.1. The molecular weight excluding hydrogens is 236 g/mol. The van der Waals surface area contributed by atoms with Crippen LogP contribution in [0.2, 0.25) is 5.02 Å². The van der Waals surface area contributed by atoms with Crippen LogP contribution in [-0.4, -0.2) is 9.78 Å². The molecule has 5 heteroatoms. The van der Waals surface area contributed by atoms with E-state index in [4.69, 9.17) is 23.1 Å². The molecule has 2 rings (SSSR count). The predicted octanol–water partition coefficient (Wildman–Crippen LogP) is 2.78. The first-order valence-electron chi connectivity index (χ1n) is 5.51. The van der Waals surface area contributed by atoms with E-state index in [9.17, 15) is 0 Å². The lowest BCUT2D eigenvalue weighted by Gasteiger charge is -2.07. The minimum Gasteiger partial charge on any atom is -0.394 e. The molecule has 90 valence electrons. The number of anilines is 2. The summed E-state index contributed by atoms with van der Waals surface area (Å²) in [5, 5.41) is 4.93. The van der Waals surface area contributed by atoms with E-state index in [2.05, 4.69) is 12.0 Å². The number of nitrogens with two attached hydrogens (primary N) is 2. The number of benzene rings is 1. The third-order valence-electron chi connectivity index (χ3n) is 2.57. The maximum Gasteiger partial charge on any atom is 0.169 e. The molecule has 0 aliphatic carbocycles. The van der Waals surface area contributed by atoms with Gasteiger partial charge in [-0.25, -0.2) is 0 Å². The van der Waals surface area contributed by atoms with Gasteiger partial charge in [-0.05, 0) is 18.6 Å². The van der Waals surface area contributed by atoms with Crippen LogP contribution in [0.1, 0.15) is 13.3 Å². The first-order valence-corrected chi connectivity index (χ1v) is 5.89. The summed E-state index contributed by atoms with van der Waals surface area (Å²) < 4.78 is 1.84. The Morgan fingerprint density at radius 2 is 1.88 bits per heavy atom. The van der Waals surface area contributed by atoms with Gasteiger partial charge in [0.05, 0.1) is 5.69 Å². The van der Waals surface area contributed by atoms with Gasteiger partial charge in [0.25, 0.3) is 0 Å². The lowest BCUT2D eigenvalue weighted by Crippen LogP contribution is -2.02. The van der Waals surface area contributed by atoms with Crippen molar-refractivity contribution in [1.29, 1.82) is 0 Å². The Kier molecular flexibility index (Phi) is 3.24. The average molecular weight is 251 g/mol. The van der Waals surface area contributed by atoms with Crippen LogP contribution in [0.4, 0.5) is 11.5 Å². The van der Waals surface area contributed by atoms with Crippen LogP contribution in [0, 0.1) is 0 Å². The van der Waals surface area contributed by atoms with Gasteiger partial charge in [-0.15, -0.1) is 0 Å². The van der Waals surface area contributed by atoms with Crippen LogP contribution in [0.25, 0.3) is 11.3 Å². The van der Waals surface area contributed by atoms with Gasteiger partial charge in [-0.1, -0.05) is 30.7 Å². The van der Waals surface area contributed by atoms with Crippen LogP contribution >= 0.6 is 11.6 Å². The van der Waals surface area contributed by atoms with Crippen molar-refractivity contribution < 1.29 is 0 Å². The fourth-order valence-electron chi connectivity index (χ4n) is 1.78. The fourth-order valence-corrected chi connectivity index (χ4v) is 1.91. The van der Waals surface area contributed by atoms with Gasteiger partial charge < -0.3 is 11.5 Å². The predicted molar refractivity (Wildman–Crippen MR) is 71.8 cm³/mol. The zero-order valence-corrected chi connectivity index (χ0v) is 10.4. The van der Waals surface area contributed by atoms with E-state index in [0.717, 1.165) is 24.2 Å². The van der Waals surface area contributed by atoms with Crippen LogP contribution in [0.15, 0.2) is 24.3 Å². The maximum atomic E-state index is 5.96. The molecule has 2 aromatic rings. The molecule has 0 atom stereocenters. The molecule has 0 saturated heterocycles. The van der Waals surface area contributed by atoms with Crippen LogP contribution in [0.5, 0.6) is 0 Å². The molecule has 0 aliphatic heterocycles. The van der Waals surface area contributed by atoms with Crippen molar-refractivity contribution in [3.8, 4) is 11.3 Å². The van der Waals surface area contributed by atoms with E-state index < -0.39 is 0 Å². The zero-order valence-electron chi connectivity index (χ0n) is 9.65. The topological polar surface area (TPSA) is 69.9 Å². The quantitative estimate of drug-likeness (QED) is 0.880. The molecule has 0 saturated carbocycles. The Morgan fingerprint density at radius 3 is 2.47 bits per heavy atom. The number of aryl methyl sites for hydroxylation is 1.